The molecule has 9 heteroatoms. The van der Waals surface area contributed by atoms with Crippen LogP contribution in [0.5, 0.6) is 5.88 Å². The van der Waals surface area contributed by atoms with E-state index >= 15 is 0 Å². The number of halogens is 3. The number of benzene rings is 2. The molecule has 1 aromatic heterocycles. The normalized spacial score (nSPS) is 11.5. The van der Waals surface area contributed by atoms with E-state index in [0.29, 0.717) is 16.8 Å². The molecule has 172 valence electrons. The zero-order valence-corrected chi connectivity index (χ0v) is 19.5. The summed E-state index contributed by atoms with van der Waals surface area (Å²) in [6.07, 6.45) is 0.877. The molecule has 0 aliphatic carbocycles. The lowest BCUT2D eigenvalue weighted by Gasteiger charge is -2.14. The third-order valence-electron chi connectivity index (χ3n) is 4.22. The molecule has 0 aliphatic heterocycles. The number of hydrogen-bond acceptors (Lipinski definition) is 5. The van der Waals surface area contributed by atoms with E-state index in [1.165, 1.54) is 0 Å². The summed E-state index contributed by atoms with van der Waals surface area (Å²) in [6.45, 7) is 11.6. The van der Waals surface area contributed by atoms with Crippen molar-refractivity contribution in [3.63, 3.8) is 0 Å². The van der Waals surface area contributed by atoms with Crippen LogP contribution in [0.2, 0.25) is 0 Å². The molecule has 3 aromatic rings. The number of rotatable bonds is 4. The van der Waals surface area contributed by atoms with Crippen molar-refractivity contribution in [2.24, 2.45) is 0 Å². The maximum atomic E-state index is 12.7. The Morgan fingerprint density at radius 3 is 1.56 bits per heavy atom. The average molecular weight is 467 g/mol. The molecule has 0 aliphatic rings. The largest absolute Gasteiger partial charge is 0.534 e. The van der Waals surface area contributed by atoms with Gasteiger partial charge in [0.05, 0.1) is 11.9 Å². The zero-order chi connectivity index (χ0) is 24.3. The second-order valence-electron chi connectivity index (χ2n) is 7.14. The van der Waals surface area contributed by atoms with Crippen LogP contribution < -0.4 is 4.18 Å². The Kier molecular flexibility index (Phi) is 7.66. The highest BCUT2D eigenvalue weighted by atomic mass is 32.2. The highest BCUT2D eigenvalue weighted by Crippen LogP contribution is 2.34. The molecular weight excluding hydrogens is 441 g/mol. The molecule has 0 radical (unpaired) electrons. The molecule has 0 spiro atoms. The van der Waals surface area contributed by atoms with Crippen LogP contribution in [-0.2, 0) is 10.1 Å². The van der Waals surface area contributed by atoms with Crippen LogP contribution in [-0.4, -0.2) is 23.9 Å². The van der Waals surface area contributed by atoms with Gasteiger partial charge in [0.1, 0.15) is 5.69 Å². The molecule has 0 bridgehead atoms. The first-order valence-corrected chi connectivity index (χ1v) is 11.3. The van der Waals surface area contributed by atoms with E-state index in [1.807, 2.05) is 65.8 Å². The van der Waals surface area contributed by atoms with E-state index in [2.05, 4.69) is 14.2 Å². The predicted molar refractivity (Wildman–Crippen MR) is 119 cm³/mol. The Morgan fingerprint density at radius 2 is 1.16 bits per heavy atom. The Bertz CT molecular complexity index is 1180. The summed E-state index contributed by atoms with van der Waals surface area (Å²) >= 11 is 0. The second kappa shape index (κ2) is 9.68. The summed E-state index contributed by atoms with van der Waals surface area (Å²) in [5.74, 6) is -0.755. The van der Waals surface area contributed by atoms with Crippen molar-refractivity contribution < 1.29 is 25.8 Å². The van der Waals surface area contributed by atoms with Crippen LogP contribution in [0, 0.1) is 27.7 Å². The summed E-state index contributed by atoms with van der Waals surface area (Å²) < 4.78 is 65.2. The lowest BCUT2D eigenvalue weighted by atomic mass is 9.98. The van der Waals surface area contributed by atoms with Crippen LogP contribution >= 0.6 is 0 Å². The molecule has 3 rings (SSSR count). The predicted octanol–water partition coefficient (Wildman–Crippen LogP) is 6.30. The van der Waals surface area contributed by atoms with Crippen LogP contribution in [0.3, 0.4) is 0 Å². The van der Waals surface area contributed by atoms with E-state index in [4.69, 9.17) is 0 Å². The third-order valence-corrected chi connectivity index (χ3v) is 5.18. The number of hydrogen-bond donors (Lipinski definition) is 0. The average Bonchev–Trinajstić information content (AvgIpc) is 2.67. The zero-order valence-electron chi connectivity index (χ0n) is 18.7. The molecule has 0 unspecified atom stereocenters. The maximum Gasteiger partial charge on any atom is 0.534 e. The SMILES string of the molecule is CC.Cc1cc(C)cc(-c2ncc(OS(=O)(=O)C(F)(F)F)nc2-c2cc(C)cc(C)c2)c1. The molecule has 0 N–H and O–H groups in total. The van der Waals surface area contributed by atoms with Crippen molar-refractivity contribution >= 4 is 10.1 Å². The van der Waals surface area contributed by atoms with Gasteiger partial charge in [-0.25, -0.2) is 9.97 Å². The summed E-state index contributed by atoms with van der Waals surface area (Å²) in [5, 5.41) is 0. The van der Waals surface area contributed by atoms with Gasteiger partial charge in [-0.05, 0) is 52.0 Å². The first kappa shape index (κ1) is 25.3. The summed E-state index contributed by atoms with van der Waals surface area (Å²) in [6, 6.07) is 11.2. The van der Waals surface area contributed by atoms with Crippen molar-refractivity contribution in [1.82, 2.24) is 9.97 Å². The van der Waals surface area contributed by atoms with Gasteiger partial charge in [-0.3, -0.25) is 0 Å². The summed E-state index contributed by atoms with van der Waals surface area (Å²) in [4.78, 5) is 8.31. The van der Waals surface area contributed by atoms with Crippen LogP contribution in [0.4, 0.5) is 13.2 Å². The Labute approximate surface area is 186 Å². The minimum Gasteiger partial charge on any atom is -0.354 e. The molecule has 5 nitrogen and oxygen atoms in total. The fourth-order valence-corrected chi connectivity index (χ4v) is 3.61. The van der Waals surface area contributed by atoms with Crippen LogP contribution in [0.25, 0.3) is 22.5 Å². The number of aryl methyl sites for hydroxylation is 4. The van der Waals surface area contributed by atoms with Gasteiger partial charge >= 0.3 is 15.6 Å². The fourth-order valence-electron chi connectivity index (χ4n) is 3.21. The monoisotopic (exact) mass is 466 g/mol. The van der Waals surface area contributed by atoms with Gasteiger partial charge in [0.2, 0.25) is 0 Å². The van der Waals surface area contributed by atoms with E-state index in [0.717, 1.165) is 28.5 Å². The highest BCUT2D eigenvalue weighted by molar-refractivity contribution is 7.87. The van der Waals surface area contributed by atoms with Gasteiger partial charge in [-0.15, -0.1) is 0 Å². The first-order valence-electron chi connectivity index (χ1n) is 9.91. The quantitative estimate of drug-likeness (QED) is 0.333. The van der Waals surface area contributed by atoms with Gasteiger partial charge in [0.15, 0.2) is 0 Å². The molecule has 0 amide bonds. The molecule has 0 saturated heterocycles. The number of nitrogens with zero attached hydrogens (tertiary/aromatic N) is 2. The van der Waals surface area contributed by atoms with Crippen LogP contribution in [0.1, 0.15) is 36.1 Å². The van der Waals surface area contributed by atoms with Gasteiger partial charge in [-0.2, -0.15) is 21.6 Å². The Balaban J connectivity index is 0.00000176. The van der Waals surface area contributed by atoms with Crippen molar-refractivity contribution in [2.45, 2.75) is 47.1 Å². The third kappa shape index (κ3) is 5.85. The highest BCUT2D eigenvalue weighted by Gasteiger charge is 2.49. The standard InChI is InChI=1S/C21H19F3N2O3S.C2H6/c1-12-5-13(2)8-16(7-12)19-20(17-9-14(3)6-15(4)10-17)26-18(11-25-19)29-30(27,28)21(22,23)24;1-2/h5-11H,1-4H3;1-2H3. The molecular formula is C23H25F3N2O3S. The molecule has 32 heavy (non-hydrogen) atoms. The molecule has 1 heterocycles. The second-order valence-corrected chi connectivity index (χ2v) is 8.68. The Hall–Kier alpha value is -2.94. The van der Waals surface area contributed by atoms with Gasteiger partial charge in [0.25, 0.3) is 5.88 Å². The van der Waals surface area contributed by atoms with E-state index in [1.54, 1.807) is 12.1 Å². The first-order chi connectivity index (χ1) is 14.9. The lowest BCUT2D eigenvalue weighted by Crippen LogP contribution is -2.28. The van der Waals surface area contributed by atoms with Crippen molar-refractivity contribution in [3.8, 4) is 28.4 Å². The summed E-state index contributed by atoms with van der Waals surface area (Å²) in [7, 11) is -5.86. The molecule has 2 aromatic carbocycles. The Morgan fingerprint density at radius 1 is 0.750 bits per heavy atom. The van der Waals surface area contributed by atoms with Gasteiger partial charge in [-0.1, -0.05) is 48.2 Å². The smallest absolute Gasteiger partial charge is 0.354 e. The van der Waals surface area contributed by atoms with Crippen LogP contribution in [0.15, 0.2) is 42.6 Å². The summed E-state index contributed by atoms with van der Waals surface area (Å²) in [5.41, 5.74) is 0.117. The van der Waals surface area contributed by atoms with Crippen molar-refractivity contribution in [2.75, 3.05) is 0 Å². The molecule has 0 atom stereocenters. The minimum atomic E-state index is -5.86. The van der Waals surface area contributed by atoms with Gasteiger partial charge in [0, 0.05) is 11.1 Å². The lowest BCUT2D eigenvalue weighted by molar-refractivity contribution is -0.0501. The molecule has 0 fully saturated rings. The van der Waals surface area contributed by atoms with E-state index in [9.17, 15) is 21.6 Å². The number of aromatic nitrogens is 2. The van der Waals surface area contributed by atoms with E-state index in [-0.39, 0.29) is 5.69 Å². The van der Waals surface area contributed by atoms with Crippen molar-refractivity contribution in [1.29, 1.82) is 0 Å². The van der Waals surface area contributed by atoms with Gasteiger partial charge < -0.3 is 4.18 Å². The fraction of sp³-hybridized carbons (Fsp3) is 0.304. The number of alkyl halides is 3. The molecule has 0 saturated carbocycles. The van der Waals surface area contributed by atoms with Crippen molar-refractivity contribution in [3.05, 3.63) is 64.8 Å². The maximum absolute atomic E-state index is 12.7. The minimum absolute atomic E-state index is 0.224. The topological polar surface area (TPSA) is 69.2 Å². The van der Waals surface area contributed by atoms with E-state index < -0.39 is 21.5 Å².